The van der Waals surface area contributed by atoms with E-state index < -0.39 is 0 Å². The van der Waals surface area contributed by atoms with Crippen LogP contribution < -0.4 is 18.9 Å². The molecule has 4 rings (SSSR count). The number of hydrogen-bond donors (Lipinski definition) is 0. The summed E-state index contributed by atoms with van der Waals surface area (Å²) >= 11 is 0. The summed E-state index contributed by atoms with van der Waals surface area (Å²) in [5.74, 6) is 1.73. The first-order chi connectivity index (χ1) is 16.4. The van der Waals surface area contributed by atoms with Crippen LogP contribution in [0, 0.1) is 0 Å². The van der Waals surface area contributed by atoms with E-state index >= 15 is 0 Å². The van der Waals surface area contributed by atoms with E-state index in [1.54, 1.807) is 36.4 Å². The fraction of sp³-hybridized carbons (Fsp3) is 0.231. The van der Waals surface area contributed by atoms with Gasteiger partial charge in [-0.05, 0) is 24.3 Å². The van der Waals surface area contributed by atoms with Crippen LogP contribution in [0.3, 0.4) is 0 Å². The van der Waals surface area contributed by atoms with Crippen LogP contribution in [0.2, 0.25) is 0 Å². The van der Waals surface area contributed by atoms with Gasteiger partial charge in [0.25, 0.3) is 0 Å². The number of carbonyl (C=O) groups excluding carboxylic acids is 2. The zero-order chi connectivity index (χ0) is 24.6. The molecule has 8 nitrogen and oxygen atoms in total. The Hall–Kier alpha value is -4.20. The summed E-state index contributed by atoms with van der Waals surface area (Å²) in [4.78, 5) is 27.3. The van der Waals surface area contributed by atoms with Gasteiger partial charge in [0.15, 0.2) is 11.6 Å². The molecule has 2 aromatic rings. The number of rotatable bonds is 6. The van der Waals surface area contributed by atoms with E-state index in [1.165, 1.54) is 42.7 Å². The second-order valence-electron chi connectivity index (χ2n) is 7.42. The first kappa shape index (κ1) is 23.0. The number of fused-ring (bicyclic) bond motifs is 2. The number of ketones is 2. The van der Waals surface area contributed by atoms with Crippen LogP contribution in [-0.2, 0) is 9.47 Å². The van der Waals surface area contributed by atoms with Gasteiger partial charge in [-0.1, -0.05) is 0 Å². The predicted molar refractivity (Wildman–Crippen MR) is 125 cm³/mol. The van der Waals surface area contributed by atoms with Gasteiger partial charge >= 0.3 is 0 Å². The van der Waals surface area contributed by atoms with Crippen molar-refractivity contribution in [2.75, 3.05) is 42.7 Å². The van der Waals surface area contributed by atoms with Crippen molar-refractivity contribution >= 4 is 23.1 Å². The van der Waals surface area contributed by atoms with Crippen molar-refractivity contribution in [1.82, 2.24) is 0 Å². The zero-order valence-corrected chi connectivity index (χ0v) is 19.7. The van der Waals surface area contributed by atoms with Crippen molar-refractivity contribution < 1.29 is 38.0 Å². The number of ether oxygens (including phenoxy) is 6. The second-order valence-corrected chi connectivity index (χ2v) is 7.42. The third-order valence-electron chi connectivity index (χ3n) is 5.81. The third-order valence-corrected chi connectivity index (χ3v) is 5.81. The van der Waals surface area contributed by atoms with E-state index in [9.17, 15) is 9.59 Å². The van der Waals surface area contributed by atoms with Gasteiger partial charge in [-0.25, -0.2) is 0 Å². The fourth-order valence-electron chi connectivity index (χ4n) is 4.15. The molecule has 0 bridgehead atoms. The van der Waals surface area contributed by atoms with E-state index in [0.717, 1.165) is 0 Å². The molecule has 2 aliphatic rings. The van der Waals surface area contributed by atoms with Crippen molar-refractivity contribution in [3.63, 3.8) is 0 Å². The molecular formula is C26H24O8. The Morgan fingerprint density at radius 2 is 0.882 bits per heavy atom. The highest BCUT2D eigenvalue weighted by Gasteiger charge is 2.35. The lowest BCUT2D eigenvalue weighted by molar-refractivity contribution is 0.100. The van der Waals surface area contributed by atoms with Gasteiger partial charge in [-0.3, -0.25) is 9.59 Å². The monoisotopic (exact) mass is 464 g/mol. The van der Waals surface area contributed by atoms with Crippen LogP contribution >= 0.6 is 0 Å². The summed E-state index contributed by atoms with van der Waals surface area (Å²) < 4.78 is 32.8. The molecule has 0 radical (unpaired) electrons. The van der Waals surface area contributed by atoms with Crippen LogP contribution in [0.25, 0.3) is 11.5 Å². The quantitative estimate of drug-likeness (QED) is 0.591. The molecule has 2 aliphatic carbocycles. The van der Waals surface area contributed by atoms with E-state index in [2.05, 4.69) is 0 Å². The van der Waals surface area contributed by atoms with E-state index in [4.69, 9.17) is 28.4 Å². The highest BCUT2D eigenvalue weighted by molar-refractivity contribution is 6.26. The number of Topliss-reactive ketones (excluding diaryl/α,β-unsaturated/α-hetero) is 2. The Morgan fingerprint density at radius 3 is 1.18 bits per heavy atom. The van der Waals surface area contributed by atoms with E-state index in [0.29, 0.717) is 56.8 Å². The molecule has 176 valence electrons. The number of hydrogen-bond acceptors (Lipinski definition) is 8. The molecule has 0 atom stereocenters. The molecule has 0 heterocycles. The normalized spacial score (nSPS) is 16.6. The highest BCUT2D eigenvalue weighted by atomic mass is 16.5. The van der Waals surface area contributed by atoms with Gasteiger partial charge in [0, 0.05) is 34.4 Å². The van der Waals surface area contributed by atoms with Gasteiger partial charge in [-0.2, -0.15) is 0 Å². The molecule has 0 aromatic heterocycles. The minimum Gasteiger partial charge on any atom is -0.497 e. The topological polar surface area (TPSA) is 89.5 Å². The number of carbonyl (C=O) groups is 2. The van der Waals surface area contributed by atoms with Crippen molar-refractivity contribution in [3.05, 3.63) is 69.8 Å². The Bertz CT molecular complexity index is 1200. The lowest BCUT2D eigenvalue weighted by Gasteiger charge is -2.25. The van der Waals surface area contributed by atoms with Gasteiger partial charge in [-0.15, -0.1) is 0 Å². The average molecular weight is 464 g/mol. The minimum absolute atomic E-state index is 0.159. The van der Waals surface area contributed by atoms with Gasteiger partial charge < -0.3 is 28.4 Å². The van der Waals surface area contributed by atoms with E-state index in [1.807, 2.05) is 0 Å². The van der Waals surface area contributed by atoms with Crippen LogP contribution in [0.1, 0.15) is 31.8 Å². The molecule has 0 N–H and O–H groups in total. The zero-order valence-electron chi connectivity index (χ0n) is 19.7. The largest absolute Gasteiger partial charge is 0.497 e. The Kier molecular flexibility index (Phi) is 6.06. The predicted octanol–water partition coefficient (Wildman–Crippen LogP) is 4.09. The van der Waals surface area contributed by atoms with Gasteiger partial charge in [0.05, 0.1) is 53.8 Å². The number of benzene rings is 2. The molecule has 0 aliphatic heterocycles. The Balaban J connectivity index is 2.01. The lowest BCUT2D eigenvalue weighted by Crippen LogP contribution is -2.20. The van der Waals surface area contributed by atoms with Crippen LogP contribution in [0.4, 0.5) is 0 Å². The number of allylic oxidation sites excluding steroid dienone is 4. The maximum absolute atomic E-state index is 13.7. The second kappa shape index (κ2) is 8.97. The first-order valence-electron chi connectivity index (χ1n) is 10.3. The van der Waals surface area contributed by atoms with Crippen molar-refractivity contribution in [2.45, 2.75) is 0 Å². The molecule has 0 spiro atoms. The summed E-state index contributed by atoms with van der Waals surface area (Å²) in [5, 5.41) is 0. The minimum atomic E-state index is -0.374. The molecule has 2 aromatic carbocycles. The highest BCUT2D eigenvalue weighted by Crippen LogP contribution is 2.43. The van der Waals surface area contributed by atoms with Gasteiger partial charge in [0.2, 0.25) is 0 Å². The fourth-order valence-corrected chi connectivity index (χ4v) is 4.15. The number of methoxy groups -OCH3 is 6. The van der Waals surface area contributed by atoms with E-state index in [-0.39, 0.29) is 22.7 Å². The summed E-state index contributed by atoms with van der Waals surface area (Å²) in [6.07, 6.45) is 3.08. The maximum Gasteiger partial charge on any atom is 0.194 e. The Labute approximate surface area is 197 Å². The van der Waals surface area contributed by atoms with Crippen LogP contribution in [0.15, 0.2) is 47.6 Å². The summed E-state index contributed by atoms with van der Waals surface area (Å²) in [5.41, 5.74) is 1.89. The van der Waals surface area contributed by atoms with Gasteiger partial charge in [0.1, 0.15) is 34.5 Å². The molecule has 8 heteroatoms. The van der Waals surface area contributed by atoms with Crippen molar-refractivity contribution in [2.24, 2.45) is 0 Å². The molecule has 0 unspecified atom stereocenters. The third kappa shape index (κ3) is 3.48. The maximum atomic E-state index is 13.7. The molecule has 0 fully saturated rings. The smallest absolute Gasteiger partial charge is 0.194 e. The molecule has 0 saturated heterocycles. The molecule has 34 heavy (non-hydrogen) atoms. The summed E-state index contributed by atoms with van der Waals surface area (Å²) in [6.45, 7) is 0. The molecule has 0 saturated carbocycles. The van der Waals surface area contributed by atoms with Crippen LogP contribution in [-0.4, -0.2) is 54.2 Å². The summed E-state index contributed by atoms with van der Waals surface area (Å²) in [6, 6.07) is 6.53. The first-order valence-corrected chi connectivity index (χ1v) is 10.3. The summed E-state index contributed by atoms with van der Waals surface area (Å²) in [7, 11) is 8.96. The van der Waals surface area contributed by atoms with Crippen molar-refractivity contribution in [3.8, 4) is 23.0 Å². The average Bonchev–Trinajstić information content (AvgIpc) is 2.88. The SMILES string of the molecule is COC1=C/C(=C2\C=C(OC)c3c(OC)cc(OC)cc3C2=O)C(=O)c2cc(OC)cc(OC)c21. The molecular weight excluding hydrogens is 440 g/mol. The molecule has 0 amide bonds. The standard InChI is InChI=1S/C26H24O8/c1-29-13-7-17-23(19(9-13)31-3)21(33-5)11-15(25(17)27)16-12-22(34-6)24-18(26(16)28)8-14(30-2)10-20(24)32-4/h7-12H,1-6H3/b16-15-. The lowest BCUT2D eigenvalue weighted by atomic mass is 9.82. The van der Waals surface area contributed by atoms with Crippen LogP contribution in [0.5, 0.6) is 23.0 Å². The van der Waals surface area contributed by atoms with Crippen molar-refractivity contribution in [1.29, 1.82) is 0 Å². The Morgan fingerprint density at radius 1 is 0.500 bits per heavy atom.